The molecule has 1 aliphatic heterocycles. The van der Waals surface area contributed by atoms with Gasteiger partial charge in [-0.15, -0.1) is 0 Å². The minimum atomic E-state index is -3.14. The zero-order valence-electron chi connectivity index (χ0n) is 14.4. The summed E-state index contributed by atoms with van der Waals surface area (Å²) >= 11 is 0. The fourth-order valence-electron chi connectivity index (χ4n) is 2.98. The number of carbonyl (C=O) groups excluding carboxylic acids is 2. The van der Waals surface area contributed by atoms with Gasteiger partial charge >= 0.3 is 0 Å². The fraction of sp³-hybridized carbons (Fsp3) is 0.444. The summed E-state index contributed by atoms with van der Waals surface area (Å²) in [6.45, 7) is 4.33. The number of sulfone groups is 1. The first kappa shape index (κ1) is 19.2. The number of likely N-dealkylation sites (tertiary alicyclic amines) is 1. The zero-order chi connectivity index (χ0) is 18.4. The van der Waals surface area contributed by atoms with Crippen LogP contribution < -0.4 is 5.32 Å². The Labute approximate surface area is 148 Å². The monoisotopic (exact) mass is 364 g/mol. The van der Waals surface area contributed by atoms with Crippen molar-refractivity contribution in [3.05, 3.63) is 48.0 Å². The van der Waals surface area contributed by atoms with E-state index in [9.17, 15) is 18.0 Å². The van der Waals surface area contributed by atoms with Crippen LogP contribution in [0.1, 0.15) is 35.2 Å². The normalized spacial score (nSPS) is 17.8. The number of nitrogens with one attached hydrogen (secondary N) is 1. The molecule has 0 saturated carbocycles. The molecule has 25 heavy (non-hydrogen) atoms. The van der Waals surface area contributed by atoms with Gasteiger partial charge in [0.05, 0.1) is 5.75 Å². The molecule has 1 heterocycles. The second kappa shape index (κ2) is 8.29. The first-order valence-electron chi connectivity index (χ1n) is 8.28. The van der Waals surface area contributed by atoms with E-state index in [4.69, 9.17) is 0 Å². The standard InChI is InChI=1S/C18H24N2O4S/c1-3-17(21)19-12-14-7-9-15(10-8-14)18(22)20-11-5-4-6-16(20)13-25(2,23)24/h3,7-10,16H,1,4-6,11-13H2,2H3,(H,19,21). The summed E-state index contributed by atoms with van der Waals surface area (Å²) < 4.78 is 23.2. The van der Waals surface area contributed by atoms with Crippen molar-refractivity contribution in [1.29, 1.82) is 0 Å². The Hall–Kier alpha value is -2.15. The maximum absolute atomic E-state index is 12.8. The van der Waals surface area contributed by atoms with Gasteiger partial charge in [0, 0.05) is 31.0 Å². The molecule has 1 aromatic carbocycles. The van der Waals surface area contributed by atoms with Gasteiger partial charge < -0.3 is 10.2 Å². The molecule has 0 bridgehead atoms. The molecule has 1 fully saturated rings. The number of nitrogens with zero attached hydrogens (tertiary/aromatic N) is 1. The van der Waals surface area contributed by atoms with Gasteiger partial charge in [0.2, 0.25) is 5.91 Å². The van der Waals surface area contributed by atoms with E-state index in [-0.39, 0.29) is 23.6 Å². The van der Waals surface area contributed by atoms with Crippen LogP contribution in [-0.2, 0) is 21.2 Å². The van der Waals surface area contributed by atoms with Crippen LogP contribution in [0.2, 0.25) is 0 Å². The van der Waals surface area contributed by atoms with Gasteiger partial charge in [-0.05, 0) is 43.0 Å². The lowest BCUT2D eigenvalue weighted by Gasteiger charge is -2.35. The van der Waals surface area contributed by atoms with E-state index in [1.165, 1.54) is 12.3 Å². The molecule has 1 atom stereocenters. The third kappa shape index (κ3) is 5.70. The Morgan fingerprint density at radius 3 is 2.56 bits per heavy atom. The second-order valence-electron chi connectivity index (χ2n) is 6.36. The average Bonchev–Trinajstić information content (AvgIpc) is 2.58. The molecule has 1 aliphatic rings. The number of piperidine rings is 1. The second-order valence-corrected chi connectivity index (χ2v) is 8.54. The quantitative estimate of drug-likeness (QED) is 0.776. The minimum absolute atomic E-state index is 0.00437. The minimum Gasteiger partial charge on any atom is -0.348 e. The van der Waals surface area contributed by atoms with Crippen molar-refractivity contribution in [2.45, 2.75) is 31.8 Å². The molecular weight excluding hydrogens is 340 g/mol. The van der Waals surface area contributed by atoms with E-state index in [0.29, 0.717) is 25.1 Å². The number of rotatable bonds is 6. The predicted molar refractivity (Wildman–Crippen MR) is 96.9 cm³/mol. The smallest absolute Gasteiger partial charge is 0.254 e. The van der Waals surface area contributed by atoms with Crippen molar-refractivity contribution < 1.29 is 18.0 Å². The number of carbonyl (C=O) groups is 2. The van der Waals surface area contributed by atoms with Crippen LogP contribution >= 0.6 is 0 Å². The molecule has 1 N–H and O–H groups in total. The highest BCUT2D eigenvalue weighted by atomic mass is 32.2. The summed E-state index contributed by atoms with van der Waals surface area (Å²) in [6, 6.07) is 6.73. The Kier molecular flexibility index (Phi) is 6.36. The highest BCUT2D eigenvalue weighted by Gasteiger charge is 2.29. The van der Waals surface area contributed by atoms with Crippen molar-refractivity contribution in [2.24, 2.45) is 0 Å². The maximum Gasteiger partial charge on any atom is 0.254 e. The number of benzene rings is 1. The van der Waals surface area contributed by atoms with Crippen LogP contribution in [0.3, 0.4) is 0 Å². The third-order valence-electron chi connectivity index (χ3n) is 4.24. The lowest BCUT2D eigenvalue weighted by Crippen LogP contribution is -2.47. The predicted octanol–water partition coefficient (Wildman–Crippen LogP) is 1.53. The van der Waals surface area contributed by atoms with Gasteiger partial charge in [0.15, 0.2) is 0 Å². The van der Waals surface area contributed by atoms with Gasteiger partial charge in [-0.2, -0.15) is 0 Å². The van der Waals surface area contributed by atoms with Gasteiger partial charge in [-0.1, -0.05) is 18.7 Å². The summed E-state index contributed by atoms with van der Waals surface area (Å²) in [4.78, 5) is 25.6. The van der Waals surface area contributed by atoms with Crippen molar-refractivity contribution in [1.82, 2.24) is 10.2 Å². The Balaban J connectivity index is 2.07. The zero-order valence-corrected chi connectivity index (χ0v) is 15.2. The van der Waals surface area contributed by atoms with Gasteiger partial charge in [0.25, 0.3) is 5.91 Å². The van der Waals surface area contributed by atoms with Crippen LogP contribution in [0.15, 0.2) is 36.9 Å². The van der Waals surface area contributed by atoms with E-state index in [1.807, 2.05) is 0 Å². The topological polar surface area (TPSA) is 83.6 Å². The molecule has 136 valence electrons. The lowest BCUT2D eigenvalue weighted by molar-refractivity contribution is -0.116. The summed E-state index contributed by atoms with van der Waals surface area (Å²) in [7, 11) is -3.14. The first-order chi connectivity index (χ1) is 11.8. The maximum atomic E-state index is 12.8. The van der Waals surface area contributed by atoms with Gasteiger partial charge in [-0.3, -0.25) is 9.59 Å². The lowest BCUT2D eigenvalue weighted by atomic mass is 10.0. The van der Waals surface area contributed by atoms with Crippen LogP contribution in [0.5, 0.6) is 0 Å². The number of amides is 2. The molecule has 6 nitrogen and oxygen atoms in total. The highest BCUT2D eigenvalue weighted by molar-refractivity contribution is 7.90. The van der Waals surface area contributed by atoms with Crippen LogP contribution in [0.25, 0.3) is 0 Å². The molecule has 0 aliphatic carbocycles. The summed E-state index contributed by atoms with van der Waals surface area (Å²) in [5, 5.41) is 2.67. The van der Waals surface area contributed by atoms with E-state index in [2.05, 4.69) is 11.9 Å². The van der Waals surface area contributed by atoms with Gasteiger partial charge in [-0.25, -0.2) is 8.42 Å². The van der Waals surface area contributed by atoms with Crippen LogP contribution in [0, 0.1) is 0 Å². The Morgan fingerprint density at radius 2 is 1.96 bits per heavy atom. The van der Waals surface area contributed by atoms with E-state index in [0.717, 1.165) is 18.4 Å². The van der Waals surface area contributed by atoms with Crippen molar-refractivity contribution in [3.63, 3.8) is 0 Å². The number of hydrogen-bond acceptors (Lipinski definition) is 4. The third-order valence-corrected chi connectivity index (χ3v) is 5.23. The fourth-order valence-corrected chi connectivity index (χ4v) is 4.03. The Bertz CT molecular complexity index is 741. The molecule has 2 amide bonds. The first-order valence-corrected chi connectivity index (χ1v) is 10.3. The summed E-state index contributed by atoms with van der Waals surface area (Å²) in [6.07, 6.45) is 4.95. The average molecular weight is 364 g/mol. The van der Waals surface area contributed by atoms with Crippen molar-refractivity contribution >= 4 is 21.7 Å². The Morgan fingerprint density at radius 1 is 1.28 bits per heavy atom. The van der Waals surface area contributed by atoms with Crippen molar-refractivity contribution in [3.8, 4) is 0 Å². The highest BCUT2D eigenvalue weighted by Crippen LogP contribution is 2.21. The molecule has 0 aromatic heterocycles. The van der Waals surface area contributed by atoms with Gasteiger partial charge in [0.1, 0.15) is 9.84 Å². The van der Waals surface area contributed by atoms with Crippen LogP contribution in [-0.4, -0.2) is 49.7 Å². The summed E-state index contributed by atoms with van der Waals surface area (Å²) in [5.41, 5.74) is 1.40. The molecule has 0 radical (unpaired) electrons. The molecule has 0 spiro atoms. The van der Waals surface area contributed by atoms with E-state index < -0.39 is 9.84 Å². The molecule has 1 aromatic rings. The SMILES string of the molecule is C=CC(=O)NCc1ccc(C(=O)N2CCCCC2CS(C)(=O)=O)cc1. The van der Waals surface area contributed by atoms with Crippen molar-refractivity contribution in [2.75, 3.05) is 18.6 Å². The molecule has 1 saturated heterocycles. The van der Waals surface area contributed by atoms with E-state index in [1.54, 1.807) is 29.2 Å². The number of hydrogen-bond donors (Lipinski definition) is 1. The molecule has 7 heteroatoms. The molecular formula is C18H24N2O4S. The largest absolute Gasteiger partial charge is 0.348 e. The van der Waals surface area contributed by atoms with E-state index >= 15 is 0 Å². The molecule has 2 rings (SSSR count). The molecule has 1 unspecified atom stereocenters. The summed E-state index contributed by atoms with van der Waals surface area (Å²) in [5.74, 6) is -0.392. The van der Waals surface area contributed by atoms with Crippen LogP contribution in [0.4, 0.5) is 0 Å².